The molecule has 1 aromatic carbocycles. The first kappa shape index (κ1) is 14.5. The summed E-state index contributed by atoms with van der Waals surface area (Å²) in [7, 11) is 4.05. The number of carbonyl (C=O) groups excluding carboxylic acids is 1. The molecule has 0 aliphatic carbocycles. The molecule has 0 saturated heterocycles. The lowest BCUT2D eigenvalue weighted by Gasteiger charge is -2.17. The third kappa shape index (κ3) is 4.37. The highest BCUT2D eigenvalue weighted by molar-refractivity contribution is 5.95. The van der Waals surface area contributed by atoms with E-state index in [1.54, 1.807) is 12.1 Å². The van der Waals surface area contributed by atoms with Crippen molar-refractivity contribution in [1.82, 2.24) is 10.2 Å². The molecule has 0 aliphatic rings. The normalized spacial score (nSPS) is 12.5. The minimum Gasteiger partial charge on any atom is -0.399 e. The molecule has 4 nitrogen and oxygen atoms in total. The maximum atomic E-state index is 12.0. The van der Waals surface area contributed by atoms with E-state index in [9.17, 15) is 4.79 Å². The third-order valence-electron chi connectivity index (χ3n) is 2.92. The second-order valence-corrected chi connectivity index (χ2v) is 5.04. The van der Waals surface area contributed by atoms with Crippen LogP contribution in [-0.2, 0) is 0 Å². The van der Waals surface area contributed by atoms with Gasteiger partial charge in [0, 0.05) is 17.3 Å². The number of rotatable bonds is 5. The molecule has 0 aromatic heterocycles. The summed E-state index contributed by atoms with van der Waals surface area (Å²) in [6, 6.07) is 5.52. The highest BCUT2D eigenvalue weighted by Gasteiger charge is 2.10. The maximum absolute atomic E-state index is 12.0. The van der Waals surface area contributed by atoms with Gasteiger partial charge in [-0.15, -0.1) is 0 Å². The fourth-order valence-corrected chi connectivity index (χ4v) is 1.65. The van der Waals surface area contributed by atoms with Crippen LogP contribution in [0.5, 0.6) is 0 Å². The lowest BCUT2D eigenvalue weighted by Crippen LogP contribution is -2.34. The van der Waals surface area contributed by atoms with Crippen LogP contribution in [0.3, 0.4) is 0 Å². The largest absolute Gasteiger partial charge is 0.399 e. The second-order valence-electron chi connectivity index (χ2n) is 5.04. The topological polar surface area (TPSA) is 58.4 Å². The van der Waals surface area contributed by atoms with Crippen molar-refractivity contribution in [1.29, 1.82) is 0 Å². The Bertz CT molecular complexity index is 416. The van der Waals surface area contributed by atoms with Crippen molar-refractivity contribution in [3.05, 3.63) is 29.3 Å². The molecule has 100 valence electrons. The van der Waals surface area contributed by atoms with Crippen molar-refractivity contribution in [2.24, 2.45) is 0 Å². The highest BCUT2D eigenvalue weighted by Crippen LogP contribution is 2.12. The molecule has 1 atom stereocenters. The van der Waals surface area contributed by atoms with Gasteiger partial charge in [0.05, 0.1) is 0 Å². The van der Waals surface area contributed by atoms with E-state index in [4.69, 9.17) is 5.73 Å². The Hall–Kier alpha value is -1.55. The van der Waals surface area contributed by atoms with Crippen LogP contribution in [0.25, 0.3) is 0 Å². The lowest BCUT2D eigenvalue weighted by atomic mass is 10.1. The maximum Gasteiger partial charge on any atom is 0.251 e. The molecule has 3 N–H and O–H groups in total. The van der Waals surface area contributed by atoms with Crippen LogP contribution in [0.4, 0.5) is 5.69 Å². The molecule has 1 rings (SSSR count). The Morgan fingerprint density at radius 3 is 2.67 bits per heavy atom. The summed E-state index contributed by atoms with van der Waals surface area (Å²) in [6.07, 6.45) is 0.937. The predicted octanol–water partition coefficient (Wildman–Crippen LogP) is 1.65. The van der Waals surface area contributed by atoms with Gasteiger partial charge >= 0.3 is 0 Å². The van der Waals surface area contributed by atoms with Crippen LogP contribution in [0.15, 0.2) is 18.2 Å². The minimum absolute atomic E-state index is 0.0376. The van der Waals surface area contributed by atoms with Gasteiger partial charge in [-0.25, -0.2) is 0 Å². The van der Waals surface area contributed by atoms with Gasteiger partial charge in [0.25, 0.3) is 5.91 Å². The number of benzene rings is 1. The van der Waals surface area contributed by atoms with Crippen LogP contribution in [0, 0.1) is 6.92 Å². The van der Waals surface area contributed by atoms with E-state index in [1.165, 1.54) is 0 Å². The third-order valence-corrected chi connectivity index (χ3v) is 2.92. The van der Waals surface area contributed by atoms with E-state index < -0.39 is 0 Å². The van der Waals surface area contributed by atoms with Crippen molar-refractivity contribution >= 4 is 11.6 Å². The van der Waals surface area contributed by atoms with Gasteiger partial charge in [0.15, 0.2) is 0 Å². The van der Waals surface area contributed by atoms with Crippen LogP contribution in [0.2, 0.25) is 0 Å². The lowest BCUT2D eigenvalue weighted by molar-refractivity contribution is 0.0936. The first-order valence-corrected chi connectivity index (χ1v) is 6.22. The van der Waals surface area contributed by atoms with Gasteiger partial charge < -0.3 is 16.0 Å². The van der Waals surface area contributed by atoms with Crippen molar-refractivity contribution < 1.29 is 4.79 Å². The fourth-order valence-electron chi connectivity index (χ4n) is 1.65. The molecular formula is C14H23N3O. The first-order chi connectivity index (χ1) is 8.40. The molecule has 1 amide bonds. The highest BCUT2D eigenvalue weighted by atomic mass is 16.1. The summed E-state index contributed by atoms with van der Waals surface area (Å²) in [5, 5.41) is 2.99. The predicted molar refractivity (Wildman–Crippen MR) is 75.7 cm³/mol. The van der Waals surface area contributed by atoms with E-state index in [1.807, 2.05) is 34.0 Å². The van der Waals surface area contributed by atoms with Gasteiger partial charge in [-0.3, -0.25) is 4.79 Å². The number of hydrogen-bond donors (Lipinski definition) is 2. The summed E-state index contributed by atoms with van der Waals surface area (Å²) in [5.74, 6) is -0.0376. The monoisotopic (exact) mass is 249 g/mol. The SMILES string of the molecule is Cc1cc(C(=O)NC(C)CCN(C)C)ccc1N. The molecule has 0 radical (unpaired) electrons. The summed E-state index contributed by atoms with van der Waals surface area (Å²) in [5.41, 5.74) is 8.05. The number of nitrogen functional groups attached to an aromatic ring is 1. The van der Waals surface area contributed by atoms with E-state index in [2.05, 4.69) is 10.2 Å². The number of nitrogens with one attached hydrogen (secondary N) is 1. The quantitative estimate of drug-likeness (QED) is 0.780. The van der Waals surface area contributed by atoms with Gasteiger partial charge in [0.2, 0.25) is 0 Å². The second kappa shape index (κ2) is 6.40. The molecule has 0 bridgehead atoms. The molecule has 0 heterocycles. The number of anilines is 1. The van der Waals surface area contributed by atoms with E-state index in [-0.39, 0.29) is 11.9 Å². The smallest absolute Gasteiger partial charge is 0.251 e. The Morgan fingerprint density at radius 1 is 1.44 bits per heavy atom. The molecule has 0 aliphatic heterocycles. The van der Waals surface area contributed by atoms with Crippen molar-refractivity contribution in [3.63, 3.8) is 0 Å². The van der Waals surface area contributed by atoms with Crippen LogP contribution >= 0.6 is 0 Å². The number of amides is 1. The Kier molecular flexibility index (Phi) is 5.16. The van der Waals surface area contributed by atoms with E-state index in [0.29, 0.717) is 11.3 Å². The molecule has 0 fully saturated rings. The molecule has 0 spiro atoms. The Balaban J connectivity index is 2.56. The Morgan fingerprint density at radius 2 is 2.11 bits per heavy atom. The van der Waals surface area contributed by atoms with Crippen LogP contribution < -0.4 is 11.1 Å². The average Bonchev–Trinajstić information content (AvgIpc) is 2.30. The number of carbonyl (C=O) groups is 1. The molecule has 0 saturated carbocycles. The molecule has 1 aromatic rings. The molecule has 18 heavy (non-hydrogen) atoms. The molecule has 1 unspecified atom stereocenters. The van der Waals surface area contributed by atoms with Crippen LogP contribution in [0.1, 0.15) is 29.3 Å². The summed E-state index contributed by atoms with van der Waals surface area (Å²) < 4.78 is 0. The van der Waals surface area contributed by atoms with Gasteiger partial charge in [-0.05, 0) is 64.7 Å². The van der Waals surface area contributed by atoms with E-state index in [0.717, 1.165) is 18.5 Å². The summed E-state index contributed by atoms with van der Waals surface area (Å²) in [6.45, 7) is 4.88. The molecule has 4 heteroatoms. The number of aryl methyl sites for hydroxylation is 1. The van der Waals surface area contributed by atoms with Crippen LogP contribution in [-0.4, -0.2) is 37.5 Å². The Labute approximate surface area is 109 Å². The van der Waals surface area contributed by atoms with Crippen molar-refractivity contribution in [2.75, 3.05) is 26.4 Å². The van der Waals surface area contributed by atoms with E-state index >= 15 is 0 Å². The van der Waals surface area contributed by atoms with Gasteiger partial charge in [-0.1, -0.05) is 0 Å². The van der Waals surface area contributed by atoms with Crippen molar-refractivity contribution in [2.45, 2.75) is 26.3 Å². The number of nitrogens with two attached hydrogens (primary N) is 1. The van der Waals surface area contributed by atoms with Gasteiger partial charge in [-0.2, -0.15) is 0 Å². The minimum atomic E-state index is -0.0376. The standard InChI is InChI=1S/C14H23N3O/c1-10-9-12(5-6-13(10)15)14(18)16-11(2)7-8-17(3)4/h5-6,9,11H,7-8,15H2,1-4H3,(H,16,18). The van der Waals surface area contributed by atoms with Crippen molar-refractivity contribution in [3.8, 4) is 0 Å². The first-order valence-electron chi connectivity index (χ1n) is 6.22. The number of nitrogens with zero attached hydrogens (tertiary/aromatic N) is 1. The zero-order chi connectivity index (χ0) is 13.7. The summed E-state index contributed by atoms with van der Waals surface area (Å²) >= 11 is 0. The zero-order valence-electron chi connectivity index (χ0n) is 11.7. The average molecular weight is 249 g/mol. The molecular weight excluding hydrogens is 226 g/mol. The number of hydrogen-bond acceptors (Lipinski definition) is 3. The fraction of sp³-hybridized carbons (Fsp3) is 0.500. The summed E-state index contributed by atoms with van der Waals surface area (Å²) in [4.78, 5) is 14.1. The van der Waals surface area contributed by atoms with Gasteiger partial charge in [0.1, 0.15) is 0 Å². The zero-order valence-corrected chi connectivity index (χ0v) is 11.7.